The van der Waals surface area contributed by atoms with Crippen LogP contribution >= 0.6 is 0 Å². The van der Waals surface area contributed by atoms with Gasteiger partial charge < -0.3 is 24.1 Å². The zero-order chi connectivity index (χ0) is 24.6. The number of fused-ring (bicyclic) bond motifs is 1. The van der Waals surface area contributed by atoms with Crippen LogP contribution in [0.2, 0.25) is 0 Å². The summed E-state index contributed by atoms with van der Waals surface area (Å²) in [4.78, 5) is 29.4. The molecule has 8 heteroatoms. The highest BCUT2D eigenvalue weighted by molar-refractivity contribution is 5.97. The van der Waals surface area contributed by atoms with Crippen molar-refractivity contribution in [3.05, 3.63) is 78.4 Å². The molecule has 0 amide bonds. The number of rotatable bonds is 10. The maximum atomic E-state index is 12.0. The molecule has 35 heavy (non-hydrogen) atoms. The first-order valence-corrected chi connectivity index (χ1v) is 11.1. The van der Waals surface area contributed by atoms with Gasteiger partial charge in [0.1, 0.15) is 17.0 Å². The molecule has 1 aromatic heterocycles. The van der Waals surface area contributed by atoms with Gasteiger partial charge in [-0.2, -0.15) is 4.98 Å². The first-order chi connectivity index (χ1) is 17.1. The van der Waals surface area contributed by atoms with E-state index in [1.807, 2.05) is 60.5 Å². The molecule has 0 fully saturated rings. The summed E-state index contributed by atoms with van der Waals surface area (Å²) in [5.41, 5.74) is 3.80. The van der Waals surface area contributed by atoms with Crippen LogP contribution in [0.5, 0.6) is 5.75 Å². The van der Waals surface area contributed by atoms with Crippen LogP contribution in [0.1, 0.15) is 18.4 Å². The van der Waals surface area contributed by atoms with Crippen LogP contribution in [0.3, 0.4) is 0 Å². The molecule has 1 heterocycles. The monoisotopic (exact) mass is 471 g/mol. The number of methoxy groups -OCH3 is 1. The number of aromatic nitrogens is 1. The molecule has 0 unspecified atom stereocenters. The quantitative estimate of drug-likeness (QED) is 0.191. The lowest BCUT2D eigenvalue weighted by Gasteiger charge is -2.21. The molecule has 4 aromatic rings. The number of carbonyl (C=O) groups is 1. The van der Waals surface area contributed by atoms with Crippen LogP contribution in [-0.4, -0.2) is 37.7 Å². The molecule has 0 spiro atoms. The van der Waals surface area contributed by atoms with Gasteiger partial charge in [0, 0.05) is 36.5 Å². The van der Waals surface area contributed by atoms with Crippen molar-refractivity contribution in [1.82, 2.24) is 4.98 Å². The maximum Gasteiger partial charge on any atom is 0.305 e. The largest absolute Gasteiger partial charge is 0.494 e. The normalized spacial score (nSPS) is 10.5. The average Bonchev–Trinajstić information content (AvgIpc) is 3.29. The van der Waals surface area contributed by atoms with Crippen LogP contribution < -0.4 is 15.0 Å². The van der Waals surface area contributed by atoms with E-state index >= 15 is 0 Å². The van der Waals surface area contributed by atoms with Crippen LogP contribution in [0, 0.1) is 0 Å². The Morgan fingerprint density at radius 1 is 1.09 bits per heavy atom. The van der Waals surface area contributed by atoms with E-state index in [1.165, 1.54) is 7.11 Å². The Hall–Kier alpha value is -4.55. The number of hydrogen-bond donors (Lipinski definition) is 1. The van der Waals surface area contributed by atoms with E-state index in [-0.39, 0.29) is 5.97 Å². The molecule has 1 N–H and O–H groups in total. The second kappa shape index (κ2) is 11.0. The fraction of sp³-hybridized carbons (Fsp3) is 0.185. The van der Waals surface area contributed by atoms with Crippen molar-refractivity contribution >= 4 is 46.1 Å². The Morgan fingerprint density at radius 3 is 2.69 bits per heavy atom. The van der Waals surface area contributed by atoms with Crippen molar-refractivity contribution in [1.29, 1.82) is 0 Å². The zero-order valence-electron chi connectivity index (χ0n) is 19.5. The van der Waals surface area contributed by atoms with Gasteiger partial charge in [-0.15, -0.1) is 0 Å². The summed E-state index contributed by atoms with van der Waals surface area (Å²) in [6.07, 6.45) is 0.839. The fourth-order valence-corrected chi connectivity index (χ4v) is 3.51. The summed E-state index contributed by atoms with van der Waals surface area (Å²) in [6.45, 7) is 0.375. The molecule has 0 radical (unpaired) electrons. The first-order valence-electron chi connectivity index (χ1n) is 11.1. The van der Waals surface area contributed by atoms with Crippen LogP contribution in [0.15, 0.2) is 77.2 Å². The van der Waals surface area contributed by atoms with Crippen molar-refractivity contribution in [2.75, 3.05) is 31.0 Å². The smallest absolute Gasteiger partial charge is 0.305 e. The number of hydrogen-bond acceptors (Lipinski definition) is 8. The minimum absolute atomic E-state index is 0.269. The Bertz CT molecular complexity index is 1360. The molecule has 0 aliphatic rings. The summed E-state index contributed by atoms with van der Waals surface area (Å²) in [5.74, 6) is 2.40. The molecule has 0 aliphatic carbocycles. The number of ether oxygens (including phenoxy) is 2. The highest BCUT2D eigenvalue weighted by atomic mass is 16.5. The summed E-state index contributed by atoms with van der Waals surface area (Å²) >= 11 is 0. The van der Waals surface area contributed by atoms with Crippen LogP contribution in [-0.2, 0) is 14.3 Å². The first kappa shape index (κ1) is 23.6. The molecular weight excluding hydrogens is 446 g/mol. The SMILES string of the molecule is COC(=O)CCCOc1cccc(N(C)C(=C=O)c2ccc3nc(Nc4ccccc4)oc3c2)c1. The van der Waals surface area contributed by atoms with E-state index in [0.29, 0.717) is 53.6 Å². The molecule has 178 valence electrons. The van der Waals surface area contributed by atoms with Gasteiger partial charge in [0.15, 0.2) is 11.5 Å². The number of esters is 1. The highest BCUT2D eigenvalue weighted by Crippen LogP contribution is 2.29. The standard InChI is InChI=1S/C27H25N3O5/c1-30(21-10-6-11-22(17-21)34-15-7-12-26(32)33-2)24(18-31)19-13-14-23-25(16-19)35-27(29-23)28-20-8-4-3-5-9-20/h3-6,8-11,13-14,16-17H,7,12,15H2,1-2H3,(H,28,29). The zero-order valence-corrected chi connectivity index (χ0v) is 19.5. The number of nitrogens with one attached hydrogen (secondary N) is 1. The van der Waals surface area contributed by atoms with Crippen molar-refractivity contribution in [3.8, 4) is 5.75 Å². The van der Waals surface area contributed by atoms with Crippen LogP contribution in [0.25, 0.3) is 16.8 Å². The van der Waals surface area contributed by atoms with E-state index in [4.69, 9.17) is 9.15 Å². The van der Waals surface area contributed by atoms with Crippen molar-refractivity contribution < 1.29 is 23.5 Å². The van der Waals surface area contributed by atoms with Crippen molar-refractivity contribution in [2.45, 2.75) is 12.8 Å². The third-order valence-electron chi connectivity index (χ3n) is 5.35. The Balaban J connectivity index is 1.48. The van der Waals surface area contributed by atoms with Crippen molar-refractivity contribution in [3.63, 3.8) is 0 Å². The summed E-state index contributed by atoms with van der Waals surface area (Å²) in [6, 6.07) is 22.7. The highest BCUT2D eigenvalue weighted by Gasteiger charge is 2.15. The summed E-state index contributed by atoms with van der Waals surface area (Å²) in [5, 5.41) is 3.13. The minimum Gasteiger partial charge on any atom is -0.494 e. The van der Waals surface area contributed by atoms with Crippen molar-refractivity contribution in [2.24, 2.45) is 0 Å². The van der Waals surface area contributed by atoms with Gasteiger partial charge in [-0.1, -0.05) is 24.3 Å². The van der Waals surface area contributed by atoms with Gasteiger partial charge in [0.25, 0.3) is 6.01 Å². The fourth-order valence-electron chi connectivity index (χ4n) is 3.51. The summed E-state index contributed by atoms with van der Waals surface area (Å²) in [7, 11) is 3.14. The van der Waals surface area contributed by atoms with E-state index in [1.54, 1.807) is 30.1 Å². The van der Waals surface area contributed by atoms with Gasteiger partial charge >= 0.3 is 5.97 Å². The number of benzene rings is 3. The third kappa shape index (κ3) is 5.88. The topological polar surface area (TPSA) is 93.9 Å². The molecule has 0 aliphatic heterocycles. The second-order valence-electron chi connectivity index (χ2n) is 7.73. The molecule has 0 atom stereocenters. The van der Waals surface area contributed by atoms with E-state index in [2.05, 4.69) is 15.0 Å². The summed E-state index contributed by atoms with van der Waals surface area (Å²) < 4.78 is 16.2. The van der Waals surface area contributed by atoms with Gasteiger partial charge in [0.05, 0.1) is 13.7 Å². The second-order valence-corrected chi connectivity index (χ2v) is 7.73. The van der Waals surface area contributed by atoms with E-state index < -0.39 is 0 Å². The lowest BCUT2D eigenvalue weighted by Crippen LogP contribution is -2.16. The molecular formula is C27H25N3O5. The van der Waals surface area contributed by atoms with Gasteiger partial charge in [0.2, 0.25) is 0 Å². The number of nitrogens with zero attached hydrogens (tertiary/aromatic N) is 2. The Labute approximate surface area is 202 Å². The van der Waals surface area contributed by atoms with Gasteiger partial charge in [-0.3, -0.25) is 4.79 Å². The molecule has 0 saturated heterocycles. The number of para-hydroxylation sites is 1. The Morgan fingerprint density at radius 2 is 1.91 bits per heavy atom. The lowest BCUT2D eigenvalue weighted by atomic mass is 10.1. The number of anilines is 3. The lowest BCUT2D eigenvalue weighted by molar-refractivity contribution is -0.140. The maximum absolute atomic E-state index is 12.0. The number of carbonyl (C=O) groups excluding carboxylic acids is 2. The third-order valence-corrected chi connectivity index (χ3v) is 5.35. The average molecular weight is 472 g/mol. The molecule has 0 saturated carbocycles. The van der Waals surface area contributed by atoms with E-state index in [9.17, 15) is 9.59 Å². The minimum atomic E-state index is -0.269. The van der Waals surface area contributed by atoms with E-state index in [0.717, 1.165) is 11.4 Å². The predicted octanol–water partition coefficient (Wildman–Crippen LogP) is 5.21. The van der Waals surface area contributed by atoms with Crippen LogP contribution in [0.4, 0.5) is 17.4 Å². The predicted molar refractivity (Wildman–Crippen MR) is 134 cm³/mol. The Kier molecular flexibility index (Phi) is 7.45. The molecule has 3 aromatic carbocycles. The van der Waals surface area contributed by atoms with Gasteiger partial charge in [-0.05, 0) is 48.9 Å². The molecule has 0 bridgehead atoms. The molecule has 4 rings (SSSR count). The number of oxazole rings is 1. The van der Waals surface area contributed by atoms with Gasteiger partial charge in [-0.25, -0.2) is 4.79 Å². The molecule has 8 nitrogen and oxygen atoms in total.